The van der Waals surface area contributed by atoms with E-state index in [0.717, 1.165) is 25.9 Å². The van der Waals surface area contributed by atoms with Gasteiger partial charge in [-0.1, -0.05) is 24.3 Å². The van der Waals surface area contributed by atoms with E-state index in [-0.39, 0.29) is 6.04 Å². The number of hydrogen-bond acceptors (Lipinski definition) is 3. The summed E-state index contributed by atoms with van der Waals surface area (Å²) in [6.07, 6.45) is 1.90. The second-order valence-electron chi connectivity index (χ2n) is 4.87. The monoisotopic (exact) mass is 218 g/mol. The van der Waals surface area contributed by atoms with Crippen LogP contribution in [0.1, 0.15) is 23.6 Å². The summed E-state index contributed by atoms with van der Waals surface area (Å²) in [6, 6.07) is 8.55. The Morgan fingerprint density at radius 3 is 2.94 bits per heavy atom. The molecule has 1 aromatic carbocycles. The summed E-state index contributed by atoms with van der Waals surface area (Å²) >= 11 is 0. The van der Waals surface area contributed by atoms with Gasteiger partial charge in [0.15, 0.2) is 0 Å². The van der Waals surface area contributed by atoms with Gasteiger partial charge in [0.1, 0.15) is 0 Å². The van der Waals surface area contributed by atoms with E-state index >= 15 is 0 Å². The normalized spacial score (nSPS) is 33.7. The summed E-state index contributed by atoms with van der Waals surface area (Å²) in [5, 5.41) is 17.4. The highest BCUT2D eigenvalue weighted by atomic mass is 16.3. The van der Waals surface area contributed by atoms with E-state index in [1.165, 1.54) is 11.1 Å². The number of aliphatic hydroxyl groups is 1. The molecule has 0 aliphatic carbocycles. The number of rotatable bonds is 1. The number of nitrogens with one attached hydrogen (secondary N) is 2. The minimum absolute atomic E-state index is 0.0902. The number of benzene rings is 1. The molecule has 3 nitrogen and oxygen atoms in total. The van der Waals surface area contributed by atoms with Gasteiger partial charge in [-0.05, 0) is 37.1 Å². The van der Waals surface area contributed by atoms with Crippen LogP contribution in [-0.4, -0.2) is 30.3 Å². The molecule has 3 rings (SSSR count). The molecule has 1 saturated heterocycles. The first-order valence-corrected chi connectivity index (χ1v) is 6.04. The van der Waals surface area contributed by atoms with Crippen LogP contribution in [0.4, 0.5) is 0 Å². The average molecular weight is 218 g/mol. The molecule has 0 aromatic heterocycles. The minimum atomic E-state index is -0.615. The molecule has 2 atom stereocenters. The molecule has 0 spiro atoms. The second kappa shape index (κ2) is 3.84. The van der Waals surface area contributed by atoms with E-state index in [1.54, 1.807) is 0 Å². The highest BCUT2D eigenvalue weighted by Crippen LogP contribution is 2.34. The molecule has 2 unspecified atom stereocenters. The van der Waals surface area contributed by atoms with Crippen molar-refractivity contribution < 1.29 is 5.11 Å². The molecule has 2 heterocycles. The Bertz CT molecular complexity index is 385. The van der Waals surface area contributed by atoms with Gasteiger partial charge in [0.25, 0.3) is 0 Å². The van der Waals surface area contributed by atoms with Crippen LogP contribution in [0.5, 0.6) is 0 Å². The van der Waals surface area contributed by atoms with Gasteiger partial charge >= 0.3 is 0 Å². The van der Waals surface area contributed by atoms with Crippen molar-refractivity contribution in [2.45, 2.75) is 24.5 Å². The summed E-state index contributed by atoms with van der Waals surface area (Å²) in [5.41, 5.74) is 2.04. The first-order valence-electron chi connectivity index (χ1n) is 6.04. The van der Waals surface area contributed by atoms with E-state index in [9.17, 15) is 5.11 Å². The van der Waals surface area contributed by atoms with Gasteiger partial charge in [0.2, 0.25) is 0 Å². The minimum Gasteiger partial charge on any atom is -0.387 e. The van der Waals surface area contributed by atoms with E-state index in [1.807, 2.05) is 0 Å². The maximum Gasteiger partial charge on any atom is 0.0977 e. The molecular formula is C13H18N2O. The Morgan fingerprint density at radius 1 is 1.25 bits per heavy atom. The third-order valence-electron chi connectivity index (χ3n) is 3.81. The lowest BCUT2D eigenvalue weighted by Gasteiger charge is -2.37. The molecule has 86 valence electrons. The fourth-order valence-corrected chi connectivity index (χ4v) is 2.93. The molecule has 0 saturated carbocycles. The van der Waals surface area contributed by atoms with Crippen molar-refractivity contribution in [3.8, 4) is 0 Å². The second-order valence-corrected chi connectivity index (χ2v) is 4.87. The van der Waals surface area contributed by atoms with Gasteiger partial charge in [-0.25, -0.2) is 0 Å². The predicted molar refractivity (Wildman–Crippen MR) is 63.3 cm³/mol. The highest BCUT2D eigenvalue weighted by molar-refractivity contribution is 5.34. The van der Waals surface area contributed by atoms with Crippen LogP contribution in [0.15, 0.2) is 24.3 Å². The molecule has 0 bridgehead atoms. The van der Waals surface area contributed by atoms with Crippen LogP contribution in [0.2, 0.25) is 0 Å². The molecule has 1 fully saturated rings. The quantitative estimate of drug-likeness (QED) is 0.646. The van der Waals surface area contributed by atoms with E-state index in [2.05, 4.69) is 34.9 Å². The fourth-order valence-electron chi connectivity index (χ4n) is 2.93. The topological polar surface area (TPSA) is 44.3 Å². The molecular weight excluding hydrogens is 200 g/mol. The van der Waals surface area contributed by atoms with Crippen LogP contribution in [-0.2, 0) is 6.42 Å². The largest absolute Gasteiger partial charge is 0.387 e. The third-order valence-corrected chi connectivity index (χ3v) is 3.81. The van der Waals surface area contributed by atoms with Crippen molar-refractivity contribution in [1.29, 1.82) is 0 Å². The molecule has 0 amide bonds. The first-order chi connectivity index (χ1) is 7.80. The zero-order valence-corrected chi connectivity index (χ0v) is 9.37. The Morgan fingerprint density at radius 2 is 2.12 bits per heavy atom. The van der Waals surface area contributed by atoms with Crippen molar-refractivity contribution in [2.75, 3.05) is 19.6 Å². The number of β-amino-alcohol motifs (C(OH)–C–C–N with tert-alkyl or cyclic N) is 1. The van der Waals surface area contributed by atoms with Gasteiger partial charge in [-0.2, -0.15) is 0 Å². The van der Waals surface area contributed by atoms with Gasteiger partial charge in [-0.3, -0.25) is 0 Å². The summed E-state index contributed by atoms with van der Waals surface area (Å²) in [5.74, 6) is 0. The van der Waals surface area contributed by atoms with Crippen LogP contribution in [0, 0.1) is 0 Å². The maximum atomic E-state index is 10.6. The Hall–Kier alpha value is -0.900. The Kier molecular flexibility index (Phi) is 2.46. The van der Waals surface area contributed by atoms with Crippen LogP contribution < -0.4 is 10.6 Å². The molecule has 2 aliphatic rings. The number of fused-ring (bicyclic) bond motifs is 1. The number of hydrogen-bond donors (Lipinski definition) is 3. The average Bonchev–Trinajstić information content (AvgIpc) is 2.77. The van der Waals surface area contributed by atoms with E-state index < -0.39 is 5.60 Å². The van der Waals surface area contributed by atoms with Gasteiger partial charge < -0.3 is 15.7 Å². The zero-order chi connectivity index (χ0) is 11.0. The molecule has 3 N–H and O–H groups in total. The predicted octanol–water partition coefficient (Wildman–Crippen LogP) is 0.598. The molecule has 2 aliphatic heterocycles. The van der Waals surface area contributed by atoms with Crippen molar-refractivity contribution in [2.24, 2.45) is 0 Å². The van der Waals surface area contributed by atoms with Gasteiger partial charge in [-0.15, -0.1) is 0 Å². The Balaban J connectivity index is 1.98. The van der Waals surface area contributed by atoms with Crippen molar-refractivity contribution >= 4 is 0 Å². The van der Waals surface area contributed by atoms with Crippen LogP contribution in [0.3, 0.4) is 0 Å². The molecule has 0 radical (unpaired) electrons. The lowest BCUT2D eigenvalue weighted by atomic mass is 9.82. The Labute approximate surface area is 95.9 Å². The fraction of sp³-hybridized carbons (Fsp3) is 0.538. The summed E-state index contributed by atoms with van der Waals surface area (Å²) in [6.45, 7) is 2.57. The SMILES string of the molecule is OC1(C2NCCc3ccccc32)CCNC1. The van der Waals surface area contributed by atoms with Crippen molar-refractivity contribution in [3.05, 3.63) is 35.4 Å². The third kappa shape index (κ3) is 1.56. The standard InChI is InChI=1S/C13H18N2O/c16-13(6-8-14-9-13)12-11-4-2-1-3-10(11)5-7-15-12/h1-4,12,14-16H,5-9H2. The summed E-state index contributed by atoms with van der Waals surface area (Å²) in [4.78, 5) is 0. The van der Waals surface area contributed by atoms with Crippen LogP contribution >= 0.6 is 0 Å². The van der Waals surface area contributed by atoms with Gasteiger partial charge in [0, 0.05) is 6.54 Å². The molecule has 1 aromatic rings. The lowest BCUT2D eigenvalue weighted by molar-refractivity contribution is 0.0176. The van der Waals surface area contributed by atoms with Crippen LogP contribution in [0.25, 0.3) is 0 Å². The lowest BCUT2D eigenvalue weighted by Crippen LogP contribution is -2.48. The smallest absolute Gasteiger partial charge is 0.0977 e. The van der Waals surface area contributed by atoms with Crippen molar-refractivity contribution in [3.63, 3.8) is 0 Å². The van der Waals surface area contributed by atoms with Crippen molar-refractivity contribution in [1.82, 2.24) is 10.6 Å². The summed E-state index contributed by atoms with van der Waals surface area (Å²) in [7, 11) is 0. The molecule has 16 heavy (non-hydrogen) atoms. The first kappa shape index (κ1) is 10.3. The molecule has 3 heteroatoms. The van der Waals surface area contributed by atoms with Gasteiger partial charge in [0.05, 0.1) is 11.6 Å². The summed E-state index contributed by atoms with van der Waals surface area (Å²) < 4.78 is 0. The maximum absolute atomic E-state index is 10.6. The highest BCUT2D eigenvalue weighted by Gasteiger charge is 2.41. The zero-order valence-electron chi connectivity index (χ0n) is 9.37. The van der Waals surface area contributed by atoms with E-state index in [4.69, 9.17) is 0 Å². The van der Waals surface area contributed by atoms with E-state index in [0.29, 0.717) is 6.54 Å².